The molecule has 0 aliphatic carbocycles. The largest absolute Gasteiger partial charge is 0.313 e. The molecule has 1 heterocycles. The average molecular weight is 188 g/mol. The normalized spacial score (nSPS) is 12.1. The van der Waals surface area contributed by atoms with Crippen molar-refractivity contribution in [1.29, 1.82) is 0 Å². The van der Waals surface area contributed by atoms with Gasteiger partial charge in [0.1, 0.15) is 0 Å². The molecule has 1 aromatic rings. The topological polar surface area (TPSA) is 24.9 Å². The molecular formula is C12H16N2. The Morgan fingerprint density at radius 1 is 1.64 bits per heavy atom. The standard InChI is InChI=1S/C12H16N2/c1-4-5-6-12(13-3)11-7-8-14-9-10(11)2/h1,7-9,12-13H,5-6H2,2-3H3. The smallest absolute Gasteiger partial charge is 0.0330 e. The lowest BCUT2D eigenvalue weighted by atomic mass is 10.00. The molecule has 1 aromatic heterocycles. The SMILES string of the molecule is C#CCCC(NC)c1ccncc1C. The number of rotatable bonds is 4. The molecule has 0 fully saturated rings. The second-order valence-electron chi connectivity index (χ2n) is 3.32. The summed E-state index contributed by atoms with van der Waals surface area (Å²) in [5.41, 5.74) is 2.50. The number of aryl methyl sites for hydroxylation is 1. The minimum Gasteiger partial charge on any atom is -0.313 e. The van der Waals surface area contributed by atoms with E-state index in [-0.39, 0.29) is 0 Å². The van der Waals surface area contributed by atoms with Crippen LogP contribution in [0.1, 0.15) is 30.0 Å². The highest BCUT2D eigenvalue weighted by atomic mass is 14.9. The molecule has 0 amide bonds. The second kappa shape index (κ2) is 5.41. The minimum atomic E-state index is 0.342. The molecule has 0 aliphatic heterocycles. The van der Waals surface area contributed by atoms with Gasteiger partial charge in [0.2, 0.25) is 0 Å². The van der Waals surface area contributed by atoms with E-state index in [0.29, 0.717) is 6.04 Å². The quantitative estimate of drug-likeness (QED) is 0.732. The summed E-state index contributed by atoms with van der Waals surface area (Å²) in [5, 5.41) is 3.27. The molecule has 0 saturated carbocycles. The predicted molar refractivity (Wildman–Crippen MR) is 58.8 cm³/mol. The highest BCUT2D eigenvalue weighted by molar-refractivity contribution is 5.25. The summed E-state index contributed by atoms with van der Waals surface area (Å²) in [6.45, 7) is 2.07. The van der Waals surface area contributed by atoms with Gasteiger partial charge in [-0.1, -0.05) is 0 Å². The molecule has 74 valence electrons. The molecule has 0 saturated heterocycles. The Morgan fingerprint density at radius 2 is 2.43 bits per heavy atom. The number of pyridine rings is 1. The summed E-state index contributed by atoms with van der Waals surface area (Å²) in [7, 11) is 1.96. The molecule has 2 heteroatoms. The minimum absolute atomic E-state index is 0.342. The van der Waals surface area contributed by atoms with Crippen LogP contribution < -0.4 is 5.32 Å². The molecule has 0 spiro atoms. The first-order valence-corrected chi connectivity index (χ1v) is 4.80. The monoisotopic (exact) mass is 188 g/mol. The molecular weight excluding hydrogens is 172 g/mol. The third-order valence-electron chi connectivity index (χ3n) is 2.36. The van der Waals surface area contributed by atoms with Gasteiger partial charge in [0.05, 0.1) is 0 Å². The lowest BCUT2D eigenvalue weighted by Gasteiger charge is -2.17. The van der Waals surface area contributed by atoms with Gasteiger partial charge < -0.3 is 5.32 Å². The van der Waals surface area contributed by atoms with Crippen LogP contribution in [-0.4, -0.2) is 12.0 Å². The van der Waals surface area contributed by atoms with Gasteiger partial charge in [0.15, 0.2) is 0 Å². The van der Waals surface area contributed by atoms with Crippen molar-refractivity contribution < 1.29 is 0 Å². The molecule has 1 rings (SSSR count). The summed E-state index contributed by atoms with van der Waals surface area (Å²) in [5.74, 6) is 2.67. The molecule has 14 heavy (non-hydrogen) atoms. The Labute approximate surface area is 85.8 Å². The number of hydrogen-bond donors (Lipinski definition) is 1. The van der Waals surface area contributed by atoms with Crippen LogP contribution >= 0.6 is 0 Å². The Morgan fingerprint density at radius 3 is 3.00 bits per heavy atom. The maximum Gasteiger partial charge on any atom is 0.0330 e. The fourth-order valence-corrected chi connectivity index (χ4v) is 1.56. The average Bonchev–Trinajstić information content (AvgIpc) is 2.21. The van der Waals surface area contributed by atoms with Crippen LogP contribution in [0, 0.1) is 19.3 Å². The van der Waals surface area contributed by atoms with Crippen LogP contribution in [0.5, 0.6) is 0 Å². The van der Waals surface area contributed by atoms with Gasteiger partial charge in [-0.2, -0.15) is 0 Å². The van der Waals surface area contributed by atoms with Crippen molar-refractivity contribution in [1.82, 2.24) is 10.3 Å². The van der Waals surface area contributed by atoms with Crippen molar-refractivity contribution in [2.24, 2.45) is 0 Å². The zero-order valence-electron chi connectivity index (χ0n) is 8.75. The summed E-state index contributed by atoms with van der Waals surface area (Å²) in [6.07, 6.45) is 10.7. The number of nitrogens with zero attached hydrogens (tertiary/aromatic N) is 1. The van der Waals surface area contributed by atoms with Crippen LogP contribution in [0.15, 0.2) is 18.5 Å². The Hall–Kier alpha value is -1.33. The lowest BCUT2D eigenvalue weighted by molar-refractivity contribution is 0.555. The van der Waals surface area contributed by atoms with Crippen LogP contribution in [0.3, 0.4) is 0 Å². The van der Waals surface area contributed by atoms with Crippen molar-refractivity contribution in [2.45, 2.75) is 25.8 Å². The summed E-state index contributed by atoms with van der Waals surface area (Å²) >= 11 is 0. The molecule has 0 aliphatic rings. The second-order valence-corrected chi connectivity index (χ2v) is 3.32. The number of hydrogen-bond acceptors (Lipinski definition) is 2. The third kappa shape index (κ3) is 2.58. The first-order valence-electron chi connectivity index (χ1n) is 4.80. The summed E-state index contributed by atoms with van der Waals surface area (Å²) < 4.78 is 0. The maximum atomic E-state index is 5.26. The van der Waals surface area contributed by atoms with Crippen LogP contribution in [0.4, 0.5) is 0 Å². The molecule has 0 aromatic carbocycles. The van der Waals surface area contributed by atoms with Crippen molar-refractivity contribution in [2.75, 3.05) is 7.05 Å². The van der Waals surface area contributed by atoms with Crippen LogP contribution in [0.25, 0.3) is 0 Å². The third-order valence-corrected chi connectivity index (χ3v) is 2.36. The molecule has 0 bridgehead atoms. The Kier molecular flexibility index (Phi) is 4.15. The van der Waals surface area contributed by atoms with E-state index in [1.54, 1.807) is 0 Å². The van der Waals surface area contributed by atoms with Gasteiger partial charge in [-0.15, -0.1) is 12.3 Å². The van der Waals surface area contributed by atoms with Crippen molar-refractivity contribution in [3.8, 4) is 12.3 Å². The van der Waals surface area contributed by atoms with E-state index < -0.39 is 0 Å². The zero-order valence-corrected chi connectivity index (χ0v) is 8.75. The molecule has 1 N–H and O–H groups in total. The van der Waals surface area contributed by atoms with Crippen LogP contribution in [-0.2, 0) is 0 Å². The fraction of sp³-hybridized carbons (Fsp3) is 0.417. The van der Waals surface area contributed by atoms with Gasteiger partial charge in [-0.3, -0.25) is 4.98 Å². The van der Waals surface area contributed by atoms with E-state index in [1.165, 1.54) is 11.1 Å². The highest BCUT2D eigenvalue weighted by Crippen LogP contribution is 2.20. The van der Waals surface area contributed by atoms with E-state index in [4.69, 9.17) is 6.42 Å². The summed E-state index contributed by atoms with van der Waals surface area (Å²) in [6, 6.07) is 2.39. The number of aromatic nitrogens is 1. The van der Waals surface area contributed by atoms with Gasteiger partial charge in [-0.05, 0) is 37.6 Å². The Bertz CT molecular complexity index is 325. The molecule has 0 radical (unpaired) electrons. The Balaban J connectivity index is 2.79. The number of terminal acetylenes is 1. The van der Waals surface area contributed by atoms with E-state index in [2.05, 4.69) is 23.1 Å². The van der Waals surface area contributed by atoms with E-state index in [0.717, 1.165) is 12.8 Å². The zero-order chi connectivity index (χ0) is 10.4. The molecule has 1 unspecified atom stereocenters. The first-order chi connectivity index (χ1) is 6.79. The van der Waals surface area contributed by atoms with Crippen LogP contribution in [0.2, 0.25) is 0 Å². The van der Waals surface area contributed by atoms with Crippen molar-refractivity contribution in [3.05, 3.63) is 29.6 Å². The van der Waals surface area contributed by atoms with E-state index >= 15 is 0 Å². The van der Waals surface area contributed by atoms with E-state index in [9.17, 15) is 0 Å². The highest BCUT2D eigenvalue weighted by Gasteiger charge is 2.09. The van der Waals surface area contributed by atoms with Crippen molar-refractivity contribution >= 4 is 0 Å². The van der Waals surface area contributed by atoms with E-state index in [1.807, 2.05) is 25.5 Å². The van der Waals surface area contributed by atoms with Gasteiger partial charge in [0, 0.05) is 24.9 Å². The molecule has 1 atom stereocenters. The van der Waals surface area contributed by atoms with Gasteiger partial charge in [-0.25, -0.2) is 0 Å². The fourth-order valence-electron chi connectivity index (χ4n) is 1.56. The number of nitrogens with one attached hydrogen (secondary N) is 1. The van der Waals surface area contributed by atoms with Gasteiger partial charge >= 0.3 is 0 Å². The van der Waals surface area contributed by atoms with Gasteiger partial charge in [0.25, 0.3) is 0 Å². The molecule has 2 nitrogen and oxygen atoms in total. The predicted octanol–water partition coefficient (Wildman–Crippen LogP) is 2.06. The summed E-state index contributed by atoms with van der Waals surface area (Å²) in [4.78, 5) is 4.07. The lowest BCUT2D eigenvalue weighted by Crippen LogP contribution is -2.17. The van der Waals surface area contributed by atoms with Crippen molar-refractivity contribution in [3.63, 3.8) is 0 Å². The first kappa shape index (κ1) is 10.7. The maximum absolute atomic E-state index is 5.26.